The van der Waals surface area contributed by atoms with Gasteiger partial charge in [-0.3, -0.25) is 9.10 Å². The summed E-state index contributed by atoms with van der Waals surface area (Å²) in [6, 6.07) is 2.84. The number of carbonyl (C=O) groups is 1. The van der Waals surface area contributed by atoms with Crippen molar-refractivity contribution >= 4 is 21.6 Å². The highest BCUT2D eigenvalue weighted by Crippen LogP contribution is 2.33. The smallest absolute Gasteiger partial charge is 0.338 e. The quantitative estimate of drug-likeness (QED) is 0.780. The van der Waals surface area contributed by atoms with E-state index >= 15 is 0 Å². The zero-order valence-electron chi connectivity index (χ0n) is 14.8. The molecule has 1 saturated heterocycles. The molecule has 1 aromatic rings. The molecule has 1 atom stereocenters. The van der Waals surface area contributed by atoms with E-state index in [1.165, 1.54) is 17.9 Å². The van der Waals surface area contributed by atoms with Gasteiger partial charge in [-0.2, -0.15) is 13.2 Å². The predicted molar refractivity (Wildman–Crippen MR) is 92.3 cm³/mol. The van der Waals surface area contributed by atoms with Gasteiger partial charge in [-0.15, -0.1) is 0 Å². The van der Waals surface area contributed by atoms with E-state index in [2.05, 4.69) is 0 Å². The van der Waals surface area contributed by atoms with Crippen LogP contribution in [0.5, 0.6) is 0 Å². The Morgan fingerprint density at radius 1 is 1.19 bits per heavy atom. The van der Waals surface area contributed by atoms with Crippen molar-refractivity contribution in [2.24, 2.45) is 0 Å². The van der Waals surface area contributed by atoms with E-state index in [0.29, 0.717) is 26.2 Å². The van der Waals surface area contributed by atoms with Crippen molar-refractivity contribution in [1.82, 2.24) is 9.80 Å². The second-order valence-corrected chi connectivity index (χ2v) is 8.27. The number of carbonyl (C=O) groups excluding carboxylic acids is 1. The number of nitrogens with zero attached hydrogens (tertiary/aromatic N) is 3. The number of sulfonamides is 1. The molecule has 1 heterocycles. The molecule has 1 amide bonds. The summed E-state index contributed by atoms with van der Waals surface area (Å²) < 4.78 is 64.1. The van der Waals surface area contributed by atoms with Gasteiger partial charge in [-0.1, -0.05) is 6.07 Å². The van der Waals surface area contributed by atoms with E-state index < -0.39 is 33.7 Å². The number of halogens is 3. The topological polar surface area (TPSA) is 60.9 Å². The maximum Gasteiger partial charge on any atom is 0.416 e. The molecule has 0 N–H and O–H groups in total. The Morgan fingerprint density at radius 2 is 1.77 bits per heavy atom. The van der Waals surface area contributed by atoms with Gasteiger partial charge in [0, 0.05) is 26.2 Å². The SMILES string of the molecule is CC(C(=O)N1CCN(C)CC1)N(c1cccc(C(F)(F)F)c1)S(C)(=O)=O. The third kappa shape index (κ3) is 4.67. The second-order valence-electron chi connectivity index (χ2n) is 6.41. The lowest BCUT2D eigenvalue weighted by molar-refractivity contribution is -0.137. The van der Waals surface area contributed by atoms with E-state index in [1.54, 1.807) is 0 Å². The van der Waals surface area contributed by atoms with Gasteiger partial charge >= 0.3 is 6.18 Å². The number of benzene rings is 1. The normalized spacial score (nSPS) is 17.8. The number of piperazine rings is 1. The lowest BCUT2D eigenvalue weighted by Gasteiger charge is -2.37. The molecule has 0 aromatic heterocycles. The molecule has 10 heteroatoms. The van der Waals surface area contributed by atoms with Crippen LogP contribution in [0.2, 0.25) is 0 Å². The van der Waals surface area contributed by atoms with Crippen molar-refractivity contribution in [3.63, 3.8) is 0 Å². The largest absolute Gasteiger partial charge is 0.416 e. The number of rotatable bonds is 4. The van der Waals surface area contributed by atoms with Crippen LogP contribution in [0.1, 0.15) is 12.5 Å². The minimum atomic E-state index is -4.61. The van der Waals surface area contributed by atoms with Crippen LogP contribution in [0.15, 0.2) is 24.3 Å². The van der Waals surface area contributed by atoms with Crippen molar-refractivity contribution in [2.45, 2.75) is 19.1 Å². The highest BCUT2D eigenvalue weighted by molar-refractivity contribution is 7.92. The Balaban J connectivity index is 2.35. The monoisotopic (exact) mass is 393 g/mol. The molecule has 0 radical (unpaired) electrons. The molecule has 1 fully saturated rings. The summed E-state index contributed by atoms with van der Waals surface area (Å²) in [6.45, 7) is 3.59. The van der Waals surface area contributed by atoms with Gasteiger partial charge in [0.1, 0.15) is 6.04 Å². The maximum absolute atomic E-state index is 13.0. The zero-order valence-corrected chi connectivity index (χ0v) is 15.6. The van der Waals surface area contributed by atoms with Gasteiger partial charge in [-0.05, 0) is 32.2 Å². The summed E-state index contributed by atoms with van der Waals surface area (Å²) in [5.74, 6) is -0.430. The van der Waals surface area contributed by atoms with Gasteiger partial charge in [0.25, 0.3) is 0 Å². The van der Waals surface area contributed by atoms with Crippen LogP contribution in [0.4, 0.5) is 18.9 Å². The average Bonchev–Trinajstić information content (AvgIpc) is 2.53. The number of likely N-dealkylation sites (N-methyl/N-ethyl adjacent to an activating group) is 1. The van der Waals surface area contributed by atoms with Gasteiger partial charge in [0.2, 0.25) is 15.9 Å². The summed E-state index contributed by atoms with van der Waals surface area (Å²) in [7, 11) is -2.05. The first-order valence-electron chi connectivity index (χ1n) is 8.05. The molecule has 1 unspecified atom stereocenters. The molecule has 146 valence electrons. The number of amides is 1. The van der Waals surface area contributed by atoms with Crippen molar-refractivity contribution in [2.75, 3.05) is 43.8 Å². The molecular formula is C16H22F3N3O3S. The minimum Gasteiger partial charge on any atom is -0.338 e. The second kappa shape index (κ2) is 7.43. The number of alkyl halides is 3. The van der Waals surface area contributed by atoms with Crippen molar-refractivity contribution in [1.29, 1.82) is 0 Å². The molecule has 0 bridgehead atoms. The van der Waals surface area contributed by atoms with Crippen molar-refractivity contribution in [3.8, 4) is 0 Å². The molecule has 2 rings (SSSR count). The fraction of sp³-hybridized carbons (Fsp3) is 0.562. The van der Waals surface area contributed by atoms with Crippen molar-refractivity contribution in [3.05, 3.63) is 29.8 Å². The van der Waals surface area contributed by atoms with Crippen LogP contribution in [0.25, 0.3) is 0 Å². The zero-order chi connectivity index (χ0) is 19.7. The third-order valence-corrected chi connectivity index (χ3v) is 5.55. The first-order valence-corrected chi connectivity index (χ1v) is 9.90. The molecule has 0 aliphatic carbocycles. The highest BCUT2D eigenvalue weighted by atomic mass is 32.2. The van der Waals surface area contributed by atoms with Gasteiger partial charge in [-0.25, -0.2) is 8.42 Å². The molecule has 1 aromatic carbocycles. The Morgan fingerprint density at radius 3 is 2.27 bits per heavy atom. The van der Waals surface area contributed by atoms with Gasteiger partial charge in [0.05, 0.1) is 17.5 Å². The van der Waals surface area contributed by atoms with E-state index in [4.69, 9.17) is 0 Å². The van der Waals surface area contributed by atoms with Crippen LogP contribution >= 0.6 is 0 Å². The van der Waals surface area contributed by atoms with Crippen LogP contribution in [0, 0.1) is 0 Å². The molecule has 0 spiro atoms. The van der Waals surface area contributed by atoms with Crippen LogP contribution in [-0.4, -0.2) is 69.6 Å². The van der Waals surface area contributed by atoms with Crippen molar-refractivity contribution < 1.29 is 26.4 Å². The summed E-state index contributed by atoms with van der Waals surface area (Å²) in [5, 5.41) is 0. The molecular weight excluding hydrogens is 371 g/mol. The molecule has 1 aliphatic rings. The average molecular weight is 393 g/mol. The number of hydrogen-bond donors (Lipinski definition) is 0. The summed E-state index contributed by atoms with van der Waals surface area (Å²) in [6.07, 6.45) is -3.73. The predicted octanol–water partition coefficient (Wildman–Crippen LogP) is 1.63. The van der Waals surface area contributed by atoms with Gasteiger partial charge < -0.3 is 9.80 Å². The van der Waals surface area contributed by atoms with Gasteiger partial charge in [0.15, 0.2) is 0 Å². The summed E-state index contributed by atoms with van der Waals surface area (Å²) in [5.41, 5.74) is -1.15. The lowest BCUT2D eigenvalue weighted by Crippen LogP contribution is -2.54. The fourth-order valence-corrected chi connectivity index (χ4v) is 4.07. The van der Waals surface area contributed by atoms with E-state index in [0.717, 1.165) is 28.8 Å². The molecule has 26 heavy (non-hydrogen) atoms. The first-order chi connectivity index (χ1) is 11.9. The molecule has 1 aliphatic heterocycles. The van der Waals surface area contributed by atoms with Crippen LogP contribution in [-0.2, 0) is 21.0 Å². The summed E-state index contributed by atoms with van der Waals surface area (Å²) in [4.78, 5) is 16.3. The minimum absolute atomic E-state index is 0.183. The Kier molecular flexibility index (Phi) is 5.86. The van der Waals surface area contributed by atoms with E-state index in [-0.39, 0.29) is 5.69 Å². The standard InChI is InChI=1S/C16H22F3N3O3S/c1-12(15(23)21-9-7-20(2)8-10-21)22(26(3,24)25)14-6-4-5-13(11-14)16(17,18)19/h4-6,11-12H,7-10H2,1-3H3. The van der Waals surface area contributed by atoms with E-state index in [9.17, 15) is 26.4 Å². The molecule has 0 saturated carbocycles. The fourth-order valence-electron chi connectivity index (χ4n) is 2.91. The first kappa shape index (κ1) is 20.5. The Labute approximate surface area is 151 Å². The van der Waals surface area contributed by atoms with Crippen LogP contribution < -0.4 is 4.31 Å². The van der Waals surface area contributed by atoms with E-state index in [1.807, 2.05) is 11.9 Å². The molecule has 6 nitrogen and oxygen atoms in total. The number of anilines is 1. The maximum atomic E-state index is 13.0. The third-order valence-electron chi connectivity index (χ3n) is 4.31. The Bertz CT molecular complexity index is 759. The highest BCUT2D eigenvalue weighted by Gasteiger charge is 2.35. The van der Waals surface area contributed by atoms with Crippen LogP contribution in [0.3, 0.4) is 0 Å². The lowest BCUT2D eigenvalue weighted by atomic mass is 10.1. The Hall–Kier alpha value is -1.81. The summed E-state index contributed by atoms with van der Waals surface area (Å²) >= 11 is 0. The number of hydrogen-bond acceptors (Lipinski definition) is 4.